The number of aryl methyl sites for hydroxylation is 1. The number of halogens is 1. The molecule has 1 aliphatic heterocycles. The van der Waals surface area contributed by atoms with Crippen LogP contribution in [0.1, 0.15) is 42.4 Å². The van der Waals surface area contributed by atoms with Gasteiger partial charge in [0.05, 0.1) is 0 Å². The fraction of sp³-hybridized carbons (Fsp3) is 0.296. The summed E-state index contributed by atoms with van der Waals surface area (Å²) in [6, 6.07) is 23.1. The first-order chi connectivity index (χ1) is 15.5. The monoisotopic (exact) mass is 464 g/mol. The zero-order chi connectivity index (χ0) is 22.5. The highest BCUT2D eigenvalue weighted by atomic mass is 35.5. The largest absolute Gasteiger partial charge is 0.326 e. The standard InChI is InChI=1S/C27H29ClN2OS/c1-19-3-8-24(29-20(2)31)17-27(19)22-13-15-30(16-14-22)18-21-4-9-25(10-5-21)32-26-11-6-23(28)7-12-26/h3-12,17,22H,13-16,18H2,1-2H3,(H,29,31). The second kappa shape index (κ2) is 10.6. The molecule has 1 heterocycles. The molecule has 0 spiro atoms. The Labute approximate surface area is 200 Å². The SMILES string of the molecule is CC(=O)Nc1ccc(C)c(C2CCN(Cc3ccc(Sc4ccc(Cl)cc4)cc3)CC2)c1. The van der Waals surface area contributed by atoms with Crippen molar-refractivity contribution in [3.63, 3.8) is 0 Å². The number of benzene rings is 3. The lowest BCUT2D eigenvalue weighted by atomic mass is 9.86. The summed E-state index contributed by atoms with van der Waals surface area (Å²) in [6.45, 7) is 6.90. The van der Waals surface area contributed by atoms with Gasteiger partial charge in [-0.05, 0) is 104 Å². The number of piperidine rings is 1. The highest BCUT2D eigenvalue weighted by Gasteiger charge is 2.22. The van der Waals surface area contributed by atoms with Crippen LogP contribution < -0.4 is 5.32 Å². The van der Waals surface area contributed by atoms with E-state index in [0.29, 0.717) is 5.92 Å². The van der Waals surface area contributed by atoms with Gasteiger partial charge in [0.2, 0.25) is 5.91 Å². The summed E-state index contributed by atoms with van der Waals surface area (Å²) < 4.78 is 0. The Balaban J connectivity index is 1.31. The maximum absolute atomic E-state index is 11.4. The van der Waals surface area contributed by atoms with Crippen molar-refractivity contribution in [3.8, 4) is 0 Å². The fourth-order valence-electron chi connectivity index (χ4n) is 4.32. The number of hydrogen-bond donors (Lipinski definition) is 1. The van der Waals surface area contributed by atoms with E-state index in [9.17, 15) is 4.79 Å². The first-order valence-electron chi connectivity index (χ1n) is 11.1. The number of hydrogen-bond acceptors (Lipinski definition) is 3. The first kappa shape index (κ1) is 22.9. The van der Waals surface area contributed by atoms with Crippen LogP contribution in [0.25, 0.3) is 0 Å². The van der Waals surface area contributed by atoms with Gasteiger partial charge in [0.25, 0.3) is 0 Å². The molecule has 1 aliphatic rings. The first-order valence-corrected chi connectivity index (χ1v) is 12.3. The molecule has 0 saturated carbocycles. The molecule has 0 bridgehead atoms. The average molecular weight is 465 g/mol. The van der Waals surface area contributed by atoms with Crippen molar-refractivity contribution in [2.24, 2.45) is 0 Å². The van der Waals surface area contributed by atoms with Crippen molar-refractivity contribution >= 4 is 35.0 Å². The molecule has 3 nitrogen and oxygen atoms in total. The van der Waals surface area contributed by atoms with E-state index in [4.69, 9.17) is 11.6 Å². The Morgan fingerprint density at radius 1 is 1.00 bits per heavy atom. The molecule has 0 radical (unpaired) electrons. The van der Waals surface area contributed by atoms with E-state index in [0.717, 1.165) is 43.2 Å². The van der Waals surface area contributed by atoms with Crippen LogP contribution in [-0.4, -0.2) is 23.9 Å². The molecule has 0 aliphatic carbocycles. The zero-order valence-electron chi connectivity index (χ0n) is 18.6. The van der Waals surface area contributed by atoms with Crippen molar-refractivity contribution in [3.05, 3.63) is 88.4 Å². The summed E-state index contributed by atoms with van der Waals surface area (Å²) in [4.78, 5) is 16.4. The number of carbonyl (C=O) groups excluding carboxylic acids is 1. The maximum Gasteiger partial charge on any atom is 0.221 e. The van der Waals surface area contributed by atoms with Gasteiger partial charge in [-0.3, -0.25) is 9.69 Å². The number of nitrogens with one attached hydrogen (secondary N) is 1. The van der Waals surface area contributed by atoms with E-state index >= 15 is 0 Å². The predicted molar refractivity (Wildman–Crippen MR) is 135 cm³/mol. The number of anilines is 1. The summed E-state index contributed by atoms with van der Waals surface area (Å²) in [7, 11) is 0. The summed E-state index contributed by atoms with van der Waals surface area (Å²) in [5, 5.41) is 3.69. The van der Waals surface area contributed by atoms with E-state index in [2.05, 4.69) is 65.7 Å². The molecule has 0 aromatic heterocycles. The molecule has 1 fully saturated rings. The molecule has 1 N–H and O–H groups in total. The van der Waals surface area contributed by atoms with Gasteiger partial charge >= 0.3 is 0 Å². The van der Waals surface area contributed by atoms with Crippen molar-refractivity contribution in [1.82, 2.24) is 4.90 Å². The lowest BCUT2D eigenvalue weighted by Crippen LogP contribution is -2.32. The van der Waals surface area contributed by atoms with Crippen LogP contribution in [0.2, 0.25) is 5.02 Å². The molecule has 32 heavy (non-hydrogen) atoms. The second-order valence-electron chi connectivity index (χ2n) is 8.50. The van der Waals surface area contributed by atoms with Gasteiger partial charge in [-0.2, -0.15) is 0 Å². The van der Waals surface area contributed by atoms with Gasteiger partial charge in [0.1, 0.15) is 0 Å². The van der Waals surface area contributed by atoms with Gasteiger partial charge in [-0.25, -0.2) is 0 Å². The van der Waals surface area contributed by atoms with E-state index in [-0.39, 0.29) is 5.91 Å². The number of carbonyl (C=O) groups is 1. The van der Waals surface area contributed by atoms with Crippen molar-refractivity contribution in [2.75, 3.05) is 18.4 Å². The number of amides is 1. The number of nitrogens with zero attached hydrogens (tertiary/aromatic N) is 1. The molecule has 166 valence electrons. The molecule has 3 aromatic carbocycles. The number of rotatable bonds is 6. The summed E-state index contributed by atoms with van der Waals surface area (Å²) >= 11 is 7.73. The van der Waals surface area contributed by atoms with Crippen LogP contribution in [0.3, 0.4) is 0 Å². The highest BCUT2D eigenvalue weighted by Crippen LogP contribution is 2.33. The van der Waals surface area contributed by atoms with Crippen LogP contribution in [0.5, 0.6) is 0 Å². The predicted octanol–water partition coefficient (Wildman–Crippen LogP) is 7.14. The summed E-state index contributed by atoms with van der Waals surface area (Å²) in [6.07, 6.45) is 2.30. The second-order valence-corrected chi connectivity index (χ2v) is 10.1. The van der Waals surface area contributed by atoms with Gasteiger partial charge in [-0.1, -0.05) is 41.6 Å². The Morgan fingerprint density at radius 2 is 1.62 bits per heavy atom. The molecule has 5 heteroatoms. The summed E-state index contributed by atoms with van der Waals surface area (Å²) in [5.41, 5.74) is 4.94. The van der Waals surface area contributed by atoms with Crippen LogP contribution in [0.4, 0.5) is 5.69 Å². The van der Waals surface area contributed by atoms with Crippen LogP contribution >= 0.6 is 23.4 Å². The minimum absolute atomic E-state index is 0.0211. The van der Waals surface area contributed by atoms with Gasteiger partial charge in [0, 0.05) is 34.0 Å². The molecule has 4 rings (SSSR count). The normalized spacial score (nSPS) is 15.0. The van der Waals surface area contributed by atoms with Crippen molar-refractivity contribution < 1.29 is 4.79 Å². The van der Waals surface area contributed by atoms with Gasteiger partial charge in [0.15, 0.2) is 0 Å². The van der Waals surface area contributed by atoms with Crippen LogP contribution in [0.15, 0.2) is 76.5 Å². The van der Waals surface area contributed by atoms with Gasteiger partial charge < -0.3 is 5.32 Å². The molecule has 1 amide bonds. The third-order valence-corrected chi connectivity index (χ3v) is 7.27. The van der Waals surface area contributed by atoms with E-state index in [1.807, 2.05) is 18.2 Å². The minimum atomic E-state index is -0.0211. The van der Waals surface area contributed by atoms with E-state index < -0.39 is 0 Å². The third kappa shape index (κ3) is 6.16. The molecular weight excluding hydrogens is 436 g/mol. The molecule has 0 unspecified atom stereocenters. The molecule has 3 aromatic rings. The Morgan fingerprint density at radius 3 is 2.25 bits per heavy atom. The topological polar surface area (TPSA) is 32.3 Å². The Hall–Kier alpha value is -2.27. The van der Waals surface area contributed by atoms with E-state index in [1.54, 1.807) is 18.7 Å². The lowest BCUT2D eigenvalue weighted by Gasteiger charge is -2.33. The summed E-state index contributed by atoms with van der Waals surface area (Å²) in [5.74, 6) is 0.533. The fourth-order valence-corrected chi connectivity index (χ4v) is 5.27. The Kier molecular flexibility index (Phi) is 7.56. The van der Waals surface area contributed by atoms with Crippen LogP contribution in [-0.2, 0) is 11.3 Å². The Bertz CT molecular complexity index is 1060. The quantitative estimate of drug-likeness (QED) is 0.420. The van der Waals surface area contributed by atoms with Gasteiger partial charge in [-0.15, -0.1) is 0 Å². The minimum Gasteiger partial charge on any atom is -0.326 e. The smallest absolute Gasteiger partial charge is 0.221 e. The molecular formula is C27H29ClN2OS. The zero-order valence-corrected chi connectivity index (χ0v) is 20.2. The lowest BCUT2D eigenvalue weighted by molar-refractivity contribution is -0.114. The average Bonchev–Trinajstić information content (AvgIpc) is 2.78. The molecule has 1 saturated heterocycles. The molecule has 0 atom stereocenters. The number of likely N-dealkylation sites (tertiary alicyclic amines) is 1. The maximum atomic E-state index is 11.4. The van der Waals surface area contributed by atoms with E-state index in [1.165, 1.54) is 26.5 Å². The van der Waals surface area contributed by atoms with Crippen molar-refractivity contribution in [2.45, 2.75) is 48.9 Å². The highest BCUT2D eigenvalue weighted by molar-refractivity contribution is 7.99. The third-order valence-electron chi connectivity index (χ3n) is 6.01. The van der Waals surface area contributed by atoms with Crippen LogP contribution in [0, 0.1) is 6.92 Å². The van der Waals surface area contributed by atoms with Crippen molar-refractivity contribution in [1.29, 1.82) is 0 Å².